The molecule has 0 unspecified atom stereocenters. The standard InChI is InChI=1S/C40H27N7/c1-43-35-19-16-25(22-37(35)46-33-13-7-4-10-29(33)41-39(43)46)24-15-18-32-28(21-24)27-9-3-6-12-31(27)45(32)26-17-20-36-38(23-26)47-34-14-8-5-11-30(34)42-40(47)44(36)2/h3-23H,1-2H3. The second kappa shape index (κ2) is 8.68. The number of hydrogen-bond donors (Lipinski definition) is 0. The third-order valence-corrected chi connectivity index (χ3v) is 10.1. The van der Waals surface area contributed by atoms with Gasteiger partial charge in [0.1, 0.15) is 0 Å². The summed E-state index contributed by atoms with van der Waals surface area (Å²) in [7, 11) is 4.19. The van der Waals surface area contributed by atoms with Crippen LogP contribution in [-0.4, -0.2) is 32.5 Å². The summed E-state index contributed by atoms with van der Waals surface area (Å²) in [6.07, 6.45) is 0. The van der Waals surface area contributed by atoms with Gasteiger partial charge in [0.25, 0.3) is 0 Å². The van der Waals surface area contributed by atoms with Crippen LogP contribution in [0.2, 0.25) is 0 Å². The van der Waals surface area contributed by atoms with Crippen LogP contribution < -0.4 is 0 Å². The Bertz CT molecular complexity index is 3100. The van der Waals surface area contributed by atoms with E-state index in [0.717, 1.165) is 61.4 Å². The lowest BCUT2D eigenvalue weighted by molar-refractivity contribution is 0.973. The third-order valence-electron chi connectivity index (χ3n) is 10.1. The van der Waals surface area contributed by atoms with E-state index in [1.807, 2.05) is 12.1 Å². The summed E-state index contributed by atoms with van der Waals surface area (Å²) in [5.41, 5.74) is 14.7. The van der Waals surface area contributed by atoms with Crippen molar-refractivity contribution < 1.29 is 0 Å². The van der Waals surface area contributed by atoms with Crippen molar-refractivity contribution in [2.45, 2.75) is 0 Å². The number of fused-ring (bicyclic) bond motifs is 13. The van der Waals surface area contributed by atoms with Gasteiger partial charge in [0, 0.05) is 30.6 Å². The Labute approximate surface area is 267 Å². The molecule has 11 rings (SSSR count). The van der Waals surface area contributed by atoms with E-state index in [2.05, 4.69) is 152 Å². The molecule has 222 valence electrons. The minimum absolute atomic E-state index is 0.946. The van der Waals surface area contributed by atoms with Crippen LogP contribution in [0.4, 0.5) is 0 Å². The Morgan fingerprint density at radius 2 is 0.915 bits per heavy atom. The van der Waals surface area contributed by atoms with Gasteiger partial charge in [-0.05, 0) is 83.9 Å². The van der Waals surface area contributed by atoms with Crippen LogP contribution in [0, 0.1) is 0 Å². The Morgan fingerprint density at radius 3 is 1.60 bits per heavy atom. The van der Waals surface area contributed by atoms with Crippen molar-refractivity contribution in [3.63, 3.8) is 0 Å². The van der Waals surface area contributed by atoms with Crippen molar-refractivity contribution in [1.82, 2.24) is 32.5 Å². The number of imidazole rings is 4. The lowest BCUT2D eigenvalue weighted by atomic mass is 10.0. The fourth-order valence-corrected chi connectivity index (χ4v) is 7.88. The van der Waals surface area contributed by atoms with E-state index in [0.29, 0.717) is 0 Å². The summed E-state index contributed by atoms with van der Waals surface area (Å²) < 4.78 is 11.3. The van der Waals surface area contributed by atoms with Crippen LogP contribution in [0.25, 0.3) is 94.3 Å². The van der Waals surface area contributed by atoms with E-state index in [1.165, 1.54) is 32.9 Å². The smallest absolute Gasteiger partial charge is 0.215 e. The van der Waals surface area contributed by atoms with Crippen LogP contribution in [0.5, 0.6) is 0 Å². The molecule has 7 heteroatoms. The predicted molar refractivity (Wildman–Crippen MR) is 192 cm³/mol. The number of rotatable bonds is 2. The first-order valence-corrected chi connectivity index (χ1v) is 15.9. The molecule has 6 aromatic carbocycles. The van der Waals surface area contributed by atoms with Crippen molar-refractivity contribution in [3.8, 4) is 16.8 Å². The molecular formula is C40H27N7. The quantitative estimate of drug-likeness (QED) is 0.197. The van der Waals surface area contributed by atoms with E-state index in [4.69, 9.17) is 9.97 Å². The molecule has 0 N–H and O–H groups in total. The normalized spacial score (nSPS) is 12.5. The van der Waals surface area contributed by atoms with Gasteiger partial charge < -0.3 is 13.7 Å². The highest BCUT2D eigenvalue weighted by Gasteiger charge is 2.19. The van der Waals surface area contributed by atoms with E-state index in [-0.39, 0.29) is 0 Å². The first-order chi connectivity index (χ1) is 23.1. The summed E-state index contributed by atoms with van der Waals surface area (Å²) in [6.45, 7) is 0. The van der Waals surface area contributed by atoms with Crippen LogP contribution in [0.3, 0.4) is 0 Å². The number of aryl methyl sites for hydroxylation is 2. The molecule has 0 saturated carbocycles. The number of hydrogen-bond acceptors (Lipinski definition) is 2. The van der Waals surface area contributed by atoms with Gasteiger partial charge in [0.05, 0.1) is 55.2 Å². The van der Waals surface area contributed by atoms with Crippen molar-refractivity contribution >= 4 is 77.5 Å². The highest BCUT2D eigenvalue weighted by molar-refractivity contribution is 6.11. The van der Waals surface area contributed by atoms with Crippen molar-refractivity contribution in [2.75, 3.05) is 0 Å². The third kappa shape index (κ3) is 3.15. The molecule has 0 fully saturated rings. The zero-order valence-electron chi connectivity index (χ0n) is 25.8. The van der Waals surface area contributed by atoms with E-state index in [9.17, 15) is 0 Å². The Balaban J connectivity index is 1.14. The molecule has 0 amide bonds. The largest absolute Gasteiger partial charge is 0.313 e. The summed E-state index contributed by atoms with van der Waals surface area (Å²) >= 11 is 0. The average molecular weight is 606 g/mol. The molecule has 0 spiro atoms. The van der Waals surface area contributed by atoms with Crippen LogP contribution in [-0.2, 0) is 14.1 Å². The molecule has 0 atom stereocenters. The van der Waals surface area contributed by atoms with Gasteiger partial charge in [0.15, 0.2) is 0 Å². The van der Waals surface area contributed by atoms with Gasteiger partial charge in [-0.2, -0.15) is 0 Å². The van der Waals surface area contributed by atoms with Crippen LogP contribution in [0.15, 0.2) is 127 Å². The van der Waals surface area contributed by atoms with Gasteiger partial charge in [0.2, 0.25) is 11.6 Å². The fourth-order valence-electron chi connectivity index (χ4n) is 7.88. The maximum atomic E-state index is 4.94. The van der Waals surface area contributed by atoms with Gasteiger partial charge >= 0.3 is 0 Å². The molecule has 0 aliphatic carbocycles. The predicted octanol–water partition coefficient (Wildman–Crippen LogP) is 9.04. The van der Waals surface area contributed by atoms with Gasteiger partial charge in [-0.3, -0.25) is 8.80 Å². The molecule has 0 aliphatic heterocycles. The average Bonchev–Trinajstić information content (AvgIpc) is 3.89. The summed E-state index contributed by atoms with van der Waals surface area (Å²) in [5.74, 6) is 1.90. The molecule has 5 aromatic heterocycles. The van der Waals surface area contributed by atoms with Gasteiger partial charge in [-0.1, -0.05) is 54.6 Å². The highest BCUT2D eigenvalue weighted by atomic mass is 15.2. The van der Waals surface area contributed by atoms with Crippen molar-refractivity contribution in [1.29, 1.82) is 0 Å². The van der Waals surface area contributed by atoms with Gasteiger partial charge in [-0.25, -0.2) is 9.97 Å². The maximum Gasteiger partial charge on any atom is 0.215 e. The van der Waals surface area contributed by atoms with Crippen molar-refractivity contribution in [2.24, 2.45) is 14.1 Å². The number of nitrogens with zero attached hydrogens (tertiary/aromatic N) is 7. The summed E-state index contributed by atoms with van der Waals surface area (Å²) in [4.78, 5) is 9.87. The Morgan fingerprint density at radius 1 is 0.404 bits per heavy atom. The fraction of sp³-hybridized carbons (Fsp3) is 0.0500. The summed E-state index contributed by atoms with van der Waals surface area (Å²) in [6, 6.07) is 45.9. The van der Waals surface area contributed by atoms with E-state index < -0.39 is 0 Å². The molecule has 7 nitrogen and oxygen atoms in total. The topological polar surface area (TPSA) is 49.4 Å². The molecule has 0 saturated heterocycles. The molecule has 0 aliphatic rings. The second-order valence-electron chi connectivity index (χ2n) is 12.6. The van der Waals surface area contributed by atoms with Crippen LogP contribution >= 0.6 is 0 Å². The minimum atomic E-state index is 0.946. The molecular weight excluding hydrogens is 578 g/mol. The molecule has 11 aromatic rings. The summed E-state index contributed by atoms with van der Waals surface area (Å²) in [5, 5.41) is 2.47. The Kier molecular flexibility index (Phi) is 4.60. The SMILES string of the molecule is Cn1c2ccc(-c3ccc4c(c3)c3ccccc3n4-c3ccc4c(c3)n3c5ccccc5nc3n4C)cc2n2c3ccccc3nc12. The maximum absolute atomic E-state index is 4.94. The molecule has 0 bridgehead atoms. The lowest BCUT2D eigenvalue weighted by Gasteiger charge is -2.09. The first-order valence-electron chi connectivity index (χ1n) is 15.9. The number of para-hydroxylation sites is 5. The Hall–Kier alpha value is -6.34. The monoisotopic (exact) mass is 605 g/mol. The van der Waals surface area contributed by atoms with Gasteiger partial charge in [-0.15, -0.1) is 0 Å². The van der Waals surface area contributed by atoms with E-state index in [1.54, 1.807) is 0 Å². The molecule has 0 radical (unpaired) electrons. The van der Waals surface area contributed by atoms with E-state index >= 15 is 0 Å². The highest BCUT2D eigenvalue weighted by Crippen LogP contribution is 2.37. The van der Waals surface area contributed by atoms with Crippen molar-refractivity contribution in [3.05, 3.63) is 127 Å². The van der Waals surface area contributed by atoms with Crippen LogP contribution in [0.1, 0.15) is 0 Å². The molecule has 47 heavy (non-hydrogen) atoms. The zero-order valence-corrected chi connectivity index (χ0v) is 25.8. The first kappa shape index (κ1) is 24.9. The second-order valence-corrected chi connectivity index (χ2v) is 12.6. The lowest BCUT2D eigenvalue weighted by Crippen LogP contribution is -1.95. The minimum Gasteiger partial charge on any atom is -0.313 e. The number of benzene rings is 6. The zero-order chi connectivity index (χ0) is 31.0. The molecule has 5 heterocycles. The number of aromatic nitrogens is 7.